The van der Waals surface area contributed by atoms with Crippen molar-refractivity contribution in [1.82, 2.24) is 9.55 Å². The van der Waals surface area contributed by atoms with Crippen LogP contribution in [0, 0.1) is 10.8 Å². The first kappa shape index (κ1) is 10.5. The molecule has 84 valence electrons. The van der Waals surface area contributed by atoms with E-state index in [4.69, 9.17) is 0 Å². The molecule has 1 aromatic rings. The Hall–Kier alpha value is -0.990. The summed E-state index contributed by atoms with van der Waals surface area (Å²) >= 11 is 0. The number of rotatable bonds is 3. The van der Waals surface area contributed by atoms with Crippen LogP contribution in [0.5, 0.6) is 0 Å². The van der Waals surface area contributed by atoms with Gasteiger partial charge in [0.05, 0.1) is 0 Å². The van der Waals surface area contributed by atoms with Gasteiger partial charge in [0.25, 0.3) is 0 Å². The molecule has 1 heterocycles. The monoisotopic (exact) mass is 207 g/mol. The lowest BCUT2D eigenvalue weighted by Gasteiger charge is -2.10. The maximum Gasteiger partial charge on any atom is 0.203 e. The maximum atomic E-state index is 4.35. The Morgan fingerprint density at radius 1 is 1.33 bits per heavy atom. The van der Waals surface area contributed by atoms with Crippen LogP contribution in [0.2, 0.25) is 0 Å². The third kappa shape index (κ3) is 1.29. The Balaban J connectivity index is 2.29. The van der Waals surface area contributed by atoms with Gasteiger partial charge in [-0.05, 0) is 17.8 Å². The highest BCUT2D eigenvalue weighted by Gasteiger charge is 2.66. The van der Waals surface area contributed by atoms with E-state index in [-0.39, 0.29) is 0 Å². The van der Waals surface area contributed by atoms with E-state index in [9.17, 15) is 0 Å². The van der Waals surface area contributed by atoms with Crippen molar-refractivity contribution < 1.29 is 0 Å². The third-order valence-corrected chi connectivity index (χ3v) is 4.23. The summed E-state index contributed by atoms with van der Waals surface area (Å²) < 4.78 is 2.28. The molecular formula is C12H21N3. The van der Waals surface area contributed by atoms with Gasteiger partial charge in [-0.3, -0.25) is 0 Å². The van der Waals surface area contributed by atoms with Gasteiger partial charge in [-0.2, -0.15) is 0 Å². The predicted octanol–water partition coefficient (Wildman–Crippen LogP) is 2.92. The van der Waals surface area contributed by atoms with Crippen LogP contribution in [-0.2, 0) is 0 Å². The van der Waals surface area contributed by atoms with Crippen molar-refractivity contribution in [2.75, 3.05) is 11.9 Å². The van der Waals surface area contributed by atoms with E-state index >= 15 is 0 Å². The standard InChI is InChI=1S/C12H21N3/c1-6-13-10-14-7-8-15(10)9-11(2,3)12(9,4)5/h7-9H,6H2,1-5H3,(H,13,14). The number of aromatic nitrogens is 2. The molecule has 3 heteroatoms. The van der Waals surface area contributed by atoms with Crippen LogP contribution in [0.25, 0.3) is 0 Å². The van der Waals surface area contributed by atoms with Gasteiger partial charge >= 0.3 is 0 Å². The van der Waals surface area contributed by atoms with Crippen LogP contribution in [0.4, 0.5) is 5.95 Å². The summed E-state index contributed by atoms with van der Waals surface area (Å²) in [5.41, 5.74) is 0.718. The fourth-order valence-corrected chi connectivity index (χ4v) is 2.67. The van der Waals surface area contributed by atoms with Crippen molar-refractivity contribution in [1.29, 1.82) is 0 Å². The molecule has 1 fully saturated rings. The number of hydrogen-bond donors (Lipinski definition) is 1. The van der Waals surface area contributed by atoms with Crippen molar-refractivity contribution in [2.45, 2.75) is 40.7 Å². The first-order valence-corrected chi connectivity index (χ1v) is 5.69. The fourth-order valence-electron chi connectivity index (χ4n) is 2.67. The molecule has 0 spiro atoms. The lowest BCUT2D eigenvalue weighted by atomic mass is 10.0. The predicted molar refractivity (Wildman–Crippen MR) is 63.0 cm³/mol. The second-order valence-corrected chi connectivity index (χ2v) is 5.53. The zero-order valence-electron chi connectivity index (χ0n) is 10.3. The molecule has 3 nitrogen and oxygen atoms in total. The molecule has 0 amide bonds. The SMILES string of the molecule is CCNc1nccn1C1C(C)(C)C1(C)C. The molecule has 1 aliphatic carbocycles. The molecule has 1 aromatic heterocycles. The Kier molecular flexibility index (Phi) is 2.11. The van der Waals surface area contributed by atoms with Crippen molar-refractivity contribution in [2.24, 2.45) is 10.8 Å². The lowest BCUT2D eigenvalue weighted by molar-refractivity contribution is 0.457. The number of nitrogens with zero attached hydrogens (tertiary/aromatic N) is 2. The lowest BCUT2D eigenvalue weighted by Crippen LogP contribution is -2.08. The van der Waals surface area contributed by atoms with Gasteiger partial charge in [0.1, 0.15) is 0 Å². The third-order valence-electron chi connectivity index (χ3n) is 4.23. The average Bonchev–Trinajstić information content (AvgIpc) is 2.51. The van der Waals surface area contributed by atoms with Crippen LogP contribution >= 0.6 is 0 Å². The molecule has 0 bridgehead atoms. The topological polar surface area (TPSA) is 29.9 Å². The van der Waals surface area contributed by atoms with Crippen LogP contribution in [0.15, 0.2) is 12.4 Å². The molecule has 15 heavy (non-hydrogen) atoms. The zero-order chi connectivity index (χ0) is 11.3. The van der Waals surface area contributed by atoms with E-state index in [2.05, 4.69) is 55.7 Å². The molecular weight excluding hydrogens is 186 g/mol. The second kappa shape index (κ2) is 3.00. The van der Waals surface area contributed by atoms with Gasteiger partial charge in [0, 0.05) is 25.0 Å². The van der Waals surface area contributed by atoms with E-state index < -0.39 is 0 Å². The summed E-state index contributed by atoms with van der Waals surface area (Å²) in [7, 11) is 0. The summed E-state index contributed by atoms with van der Waals surface area (Å²) in [4.78, 5) is 4.35. The largest absolute Gasteiger partial charge is 0.356 e. The van der Waals surface area contributed by atoms with Gasteiger partial charge in [-0.15, -0.1) is 0 Å². The van der Waals surface area contributed by atoms with Gasteiger partial charge in [-0.1, -0.05) is 27.7 Å². The Labute approximate surface area is 91.9 Å². The number of nitrogens with one attached hydrogen (secondary N) is 1. The highest BCUT2D eigenvalue weighted by Crippen LogP contribution is 2.71. The van der Waals surface area contributed by atoms with Crippen LogP contribution in [-0.4, -0.2) is 16.1 Å². The summed E-state index contributed by atoms with van der Waals surface area (Å²) in [5, 5.41) is 3.30. The molecule has 0 radical (unpaired) electrons. The van der Waals surface area contributed by atoms with E-state index in [1.807, 2.05) is 6.20 Å². The molecule has 0 aromatic carbocycles. The molecule has 0 unspecified atom stereocenters. The minimum absolute atomic E-state index is 0.359. The minimum atomic E-state index is 0.359. The van der Waals surface area contributed by atoms with Crippen molar-refractivity contribution >= 4 is 5.95 Å². The first-order valence-electron chi connectivity index (χ1n) is 5.69. The fraction of sp³-hybridized carbons (Fsp3) is 0.750. The smallest absolute Gasteiger partial charge is 0.203 e. The summed E-state index contributed by atoms with van der Waals surface area (Å²) in [5.74, 6) is 1.00. The quantitative estimate of drug-likeness (QED) is 0.826. The number of hydrogen-bond acceptors (Lipinski definition) is 2. The van der Waals surface area contributed by atoms with E-state index in [1.165, 1.54) is 0 Å². The second-order valence-electron chi connectivity index (χ2n) is 5.53. The van der Waals surface area contributed by atoms with E-state index in [1.54, 1.807) is 0 Å². The first-order chi connectivity index (χ1) is 6.93. The van der Waals surface area contributed by atoms with E-state index in [0.29, 0.717) is 16.9 Å². The van der Waals surface area contributed by atoms with Gasteiger partial charge in [0.2, 0.25) is 5.95 Å². The van der Waals surface area contributed by atoms with Crippen LogP contribution in [0.1, 0.15) is 40.7 Å². The van der Waals surface area contributed by atoms with Crippen molar-refractivity contribution in [3.05, 3.63) is 12.4 Å². The molecule has 2 rings (SSSR count). The molecule has 0 aliphatic heterocycles. The number of anilines is 1. The molecule has 0 saturated heterocycles. The molecule has 1 aliphatic rings. The summed E-state index contributed by atoms with van der Waals surface area (Å²) in [6, 6.07) is 0.557. The highest BCUT2D eigenvalue weighted by molar-refractivity contribution is 5.31. The molecule has 1 N–H and O–H groups in total. The number of imidazole rings is 1. The van der Waals surface area contributed by atoms with Crippen molar-refractivity contribution in [3.63, 3.8) is 0 Å². The van der Waals surface area contributed by atoms with E-state index in [0.717, 1.165) is 12.5 Å². The van der Waals surface area contributed by atoms with Crippen LogP contribution in [0.3, 0.4) is 0 Å². The highest BCUT2D eigenvalue weighted by atomic mass is 15.2. The Bertz CT molecular complexity index is 349. The van der Waals surface area contributed by atoms with Crippen LogP contribution < -0.4 is 5.32 Å². The van der Waals surface area contributed by atoms with Gasteiger partial charge in [0.15, 0.2) is 0 Å². The average molecular weight is 207 g/mol. The maximum absolute atomic E-state index is 4.35. The zero-order valence-corrected chi connectivity index (χ0v) is 10.3. The molecule has 1 saturated carbocycles. The van der Waals surface area contributed by atoms with Gasteiger partial charge in [-0.25, -0.2) is 4.98 Å². The minimum Gasteiger partial charge on any atom is -0.356 e. The molecule has 0 atom stereocenters. The Morgan fingerprint density at radius 3 is 2.40 bits per heavy atom. The Morgan fingerprint density at radius 2 is 1.93 bits per heavy atom. The van der Waals surface area contributed by atoms with Crippen molar-refractivity contribution in [3.8, 4) is 0 Å². The summed E-state index contributed by atoms with van der Waals surface area (Å²) in [6.45, 7) is 12.3. The summed E-state index contributed by atoms with van der Waals surface area (Å²) in [6.07, 6.45) is 3.96. The normalized spacial score (nSPS) is 22.7. The van der Waals surface area contributed by atoms with Gasteiger partial charge < -0.3 is 9.88 Å².